The number of anilines is 1. The SMILES string of the molecule is CN(Cc1cccc2c1OCCO2)CC1CCCN1c1cccnn1. The molecule has 1 aromatic carbocycles. The van der Waals surface area contributed by atoms with E-state index in [-0.39, 0.29) is 0 Å². The zero-order chi connectivity index (χ0) is 17.1. The minimum absolute atomic E-state index is 0.471. The molecule has 6 nitrogen and oxygen atoms in total. The zero-order valence-electron chi connectivity index (χ0n) is 14.6. The van der Waals surface area contributed by atoms with Crippen LogP contribution >= 0.6 is 0 Å². The van der Waals surface area contributed by atoms with Gasteiger partial charge in [-0.2, -0.15) is 5.10 Å². The van der Waals surface area contributed by atoms with Gasteiger partial charge in [-0.1, -0.05) is 12.1 Å². The zero-order valence-corrected chi connectivity index (χ0v) is 14.6. The third-order valence-electron chi connectivity index (χ3n) is 4.84. The number of ether oxygens (including phenoxy) is 2. The minimum Gasteiger partial charge on any atom is -0.486 e. The van der Waals surface area contributed by atoms with Gasteiger partial charge in [0.15, 0.2) is 17.3 Å². The Morgan fingerprint density at radius 1 is 1.20 bits per heavy atom. The second-order valence-electron chi connectivity index (χ2n) is 6.71. The maximum Gasteiger partial charge on any atom is 0.165 e. The first-order chi connectivity index (χ1) is 12.3. The van der Waals surface area contributed by atoms with E-state index in [2.05, 4.69) is 33.1 Å². The third-order valence-corrected chi connectivity index (χ3v) is 4.84. The van der Waals surface area contributed by atoms with Crippen LogP contribution in [-0.2, 0) is 6.54 Å². The van der Waals surface area contributed by atoms with Gasteiger partial charge in [-0.15, -0.1) is 5.10 Å². The number of aromatic nitrogens is 2. The highest BCUT2D eigenvalue weighted by molar-refractivity contribution is 5.47. The molecule has 4 rings (SSSR count). The summed E-state index contributed by atoms with van der Waals surface area (Å²) < 4.78 is 11.5. The number of para-hydroxylation sites is 1. The number of hydrogen-bond acceptors (Lipinski definition) is 6. The van der Waals surface area contributed by atoms with Gasteiger partial charge in [-0.3, -0.25) is 4.90 Å². The molecule has 0 saturated carbocycles. The Balaban J connectivity index is 1.43. The molecule has 0 N–H and O–H groups in total. The molecule has 3 heterocycles. The lowest BCUT2D eigenvalue weighted by Crippen LogP contribution is -2.39. The molecule has 1 saturated heterocycles. The lowest BCUT2D eigenvalue weighted by molar-refractivity contribution is 0.167. The Labute approximate surface area is 148 Å². The lowest BCUT2D eigenvalue weighted by atomic mass is 10.1. The van der Waals surface area contributed by atoms with Gasteiger partial charge < -0.3 is 14.4 Å². The average Bonchev–Trinajstić information content (AvgIpc) is 3.11. The largest absolute Gasteiger partial charge is 0.486 e. The number of fused-ring (bicyclic) bond motifs is 1. The van der Waals surface area contributed by atoms with Crippen LogP contribution in [-0.4, -0.2) is 54.5 Å². The van der Waals surface area contributed by atoms with Crippen molar-refractivity contribution in [2.45, 2.75) is 25.4 Å². The van der Waals surface area contributed by atoms with Crippen LogP contribution in [0.5, 0.6) is 11.5 Å². The fourth-order valence-corrected chi connectivity index (χ4v) is 3.75. The predicted molar refractivity (Wildman–Crippen MR) is 96.2 cm³/mol. The molecule has 2 aliphatic rings. The lowest BCUT2D eigenvalue weighted by Gasteiger charge is -2.30. The first-order valence-corrected chi connectivity index (χ1v) is 8.91. The highest BCUT2D eigenvalue weighted by atomic mass is 16.6. The van der Waals surface area contributed by atoms with Gasteiger partial charge in [0.25, 0.3) is 0 Å². The molecular formula is C19H24N4O2. The van der Waals surface area contributed by atoms with E-state index in [1.165, 1.54) is 18.4 Å². The van der Waals surface area contributed by atoms with Crippen molar-refractivity contribution in [1.29, 1.82) is 0 Å². The van der Waals surface area contributed by atoms with Gasteiger partial charge in [-0.25, -0.2) is 0 Å². The highest BCUT2D eigenvalue weighted by Crippen LogP contribution is 2.34. The van der Waals surface area contributed by atoms with Crippen molar-refractivity contribution < 1.29 is 9.47 Å². The summed E-state index contributed by atoms with van der Waals surface area (Å²) in [7, 11) is 2.16. The van der Waals surface area contributed by atoms with Crippen LogP contribution in [0.15, 0.2) is 36.5 Å². The van der Waals surface area contributed by atoms with Crippen molar-refractivity contribution in [2.75, 3.05) is 38.3 Å². The quantitative estimate of drug-likeness (QED) is 0.833. The number of benzene rings is 1. The molecule has 1 aromatic heterocycles. The summed E-state index contributed by atoms with van der Waals surface area (Å²) in [5, 5.41) is 8.30. The molecule has 0 amide bonds. The smallest absolute Gasteiger partial charge is 0.165 e. The summed E-state index contributed by atoms with van der Waals surface area (Å²) in [5.41, 5.74) is 1.18. The molecule has 0 bridgehead atoms. The molecular weight excluding hydrogens is 316 g/mol. The molecule has 0 spiro atoms. The summed E-state index contributed by atoms with van der Waals surface area (Å²) >= 11 is 0. The van der Waals surface area contributed by atoms with Crippen molar-refractivity contribution in [1.82, 2.24) is 15.1 Å². The summed E-state index contributed by atoms with van der Waals surface area (Å²) in [6.45, 7) is 4.13. The molecule has 6 heteroatoms. The average molecular weight is 340 g/mol. The molecule has 25 heavy (non-hydrogen) atoms. The fourth-order valence-electron chi connectivity index (χ4n) is 3.75. The number of rotatable bonds is 5. The van der Waals surface area contributed by atoms with E-state index in [0.717, 1.165) is 37.0 Å². The molecule has 1 atom stereocenters. The third kappa shape index (κ3) is 3.54. The number of nitrogens with zero attached hydrogens (tertiary/aromatic N) is 4. The van der Waals surface area contributed by atoms with Crippen LogP contribution in [0.4, 0.5) is 5.82 Å². The van der Waals surface area contributed by atoms with Crippen molar-refractivity contribution in [3.05, 3.63) is 42.1 Å². The van der Waals surface area contributed by atoms with Crippen molar-refractivity contribution in [3.63, 3.8) is 0 Å². The van der Waals surface area contributed by atoms with Gasteiger partial charge >= 0.3 is 0 Å². The van der Waals surface area contributed by atoms with Gasteiger partial charge in [0.2, 0.25) is 0 Å². The van der Waals surface area contributed by atoms with E-state index < -0.39 is 0 Å². The Hall–Kier alpha value is -2.34. The van der Waals surface area contributed by atoms with Crippen molar-refractivity contribution >= 4 is 5.82 Å². The van der Waals surface area contributed by atoms with E-state index in [1.54, 1.807) is 6.20 Å². The standard InChI is InChI=1S/C19H24N4O2/c1-22(13-15-5-2-7-17-19(15)25-12-11-24-17)14-16-6-4-10-23(16)18-8-3-9-20-21-18/h2-3,5,7-9,16H,4,6,10-14H2,1H3. The number of hydrogen-bond donors (Lipinski definition) is 0. The minimum atomic E-state index is 0.471. The second-order valence-corrected chi connectivity index (χ2v) is 6.71. The number of likely N-dealkylation sites (N-methyl/N-ethyl adjacent to an activating group) is 1. The van der Waals surface area contributed by atoms with Crippen LogP contribution in [0.25, 0.3) is 0 Å². The summed E-state index contributed by atoms with van der Waals surface area (Å²) in [6.07, 6.45) is 4.11. The van der Waals surface area contributed by atoms with Gasteiger partial charge in [-0.05, 0) is 38.1 Å². The van der Waals surface area contributed by atoms with Gasteiger partial charge in [0.05, 0.1) is 0 Å². The molecule has 1 fully saturated rings. The molecule has 0 aliphatic carbocycles. The Kier molecular flexibility index (Phi) is 4.70. The van der Waals surface area contributed by atoms with Crippen molar-refractivity contribution in [3.8, 4) is 11.5 Å². The van der Waals surface area contributed by atoms with E-state index in [1.807, 2.05) is 24.3 Å². The Morgan fingerprint density at radius 2 is 2.12 bits per heavy atom. The topological polar surface area (TPSA) is 50.7 Å². The van der Waals surface area contributed by atoms with Crippen LogP contribution in [0.1, 0.15) is 18.4 Å². The monoisotopic (exact) mass is 340 g/mol. The summed E-state index contributed by atoms with van der Waals surface area (Å²) in [6, 6.07) is 10.6. The van der Waals surface area contributed by atoms with Crippen LogP contribution in [0.2, 0.25) is 0 Å². The first-order valence-electron chi connectivity index (χ1n) is 8.91. The van der Waals surface area contributed by atoms with Crippen LogP contribution in [0, 0.1) is 0 Å². The predicted octanol–water partition coefficient (Wildman–Crippen LogP) is 2.35. The van der Waals surface area contributed by atoms with Crippen molar-refractivity contribution in [2.24, 2.45) is 0 Å². The summed E-state index contributed by atoms with van der Waals surface area (Å²) in [5.74, 6) is 2.74. The van der Waals surface area contributed by atoms with E-state index >= 15 is 0 Å². The van der Waals surface area contributed by atoms with Crippen LogP contribution in [0.3, 0.4) is 0 Å². The normalized spacial score (nSPS) is 19.4. The maximum atomic E-state index is 5.84. The molecule has 0 radical (unpaired) electrons. The summed E-state index contributed by atoms with van der Waals surface area (Å²) in [4.78, 5) is 4.73. The maximum absolute atomic E-state index is 5.84. The van der Waals surface area contributed by atoms with Gasteiger partial charge in [0, 0.05) is 37.4 Å². The molecule has 132 valence electrons. The second kappa shape index (κ2) is 7.27. The van der Waals surface area contributed by atoms with E-state index in [0.29, 0.717) is 19.3 Å². The first kappa shape index (κ1) is 16.1. The molecule has 1 unspecified atom stereocenters. The van der Waals surface area contributed by atoms with E-state index in [9.17, 15) is 0 Å². The van der Waals surface area contributed by atoms with Crippen LogP contribution < -0.4 is 14.4 Å². The Bertz CT molecular complexity index is 710. The Morgan fingerprint density at radius 3 is 3.00 bits per heavy atom. The van der Waals surface area contributed by atoms with E-state index in [4.69, 9.17) is 9.47 Å². The molecule has 2 aliphatic heterocycles. The highest BCUT2D eigenvalue weighted by Gasteiger charge is 2.27. The molecule has 2 aromatic rings. The van der Waals surface area contributed by atoms with Gasteiger partial charge in [0.1, 0.15) is 13.2 Å². The fraction of sp³-hybridized carbons (Fsp3) is 0.474.